The second-order valence-electron chi connectivity index (χ2n) is 11.7. The van der Waals surface area contributed by atoms with E-state index < -0.39 is 29.4 Å². The van der Waals surface area contributed by atoms with Crippen molar-refractivity contribution in [1.29, 1.82) is 0 Å². The third kappa shape index (κ3) is 10.7. The molecule has 0 amide bonds. The lowest BCUT2D eigenvalue weighted by molar-refractivity contribution is -0.346. The summed E-state index contributed by atoms with van der Waals surface area (Å²) in [7, 11) is 1.73. The van der Waals surface area contributed by atoms with Gasteiger partial charge in [-0.25, -0.2) is 9.59 Å². The fourth-order valence-corrected chi connectivity index (χ4v) is 5.48. The highest BCUT2D eigenvalue weighted by atomic mass is 16.7. The van der Waals surface area contributed by atoms with Crippen molar-refractivity contribution in [3.63, 3.8) is 0 Å². The number of aliphatic hydroxyl groups is 1. The molecule has 0 saturated carbocycles. The Morgan fingerprint density at radius 3 is 2.39 bits per heavy atom. The SMILES string of the molecule is CCCC[C@@]1(OC)CC[C@]2(CC[C@H](C)[C@@H](C/C=C(C)/C=C/[C@H](O)[C@@H](C)/C=C/C(=O)O)O2)O[C@H]1/C=C/C(C)=C/C(=O)O. The van der Waals surface area contributed by atoms with Crippen LogP contribution in [0.2, 0.25) is 0 Å². The lowest BCUT2D eigenvalue weighted by Crippen LogP contribution is -2.58. The number of allylic oxidation sites excluding steroid dienone is 4. The first-order chi connectivity index (χ1) is 19.3. The average Bonchev–Trinajstić information content (AvgIpc) is 2.93. The Kier molecular flexibility index (Phi) is 13.7. The Morgan fingerprint density at radius 2 is 1.76 bits per heavy atom. The number of unbranched alkanes of at least 4 members (excludes halogenated alkanes) is 1. The van der Waals surface area contributed by atoms with E-state index in [1.807, 2.05) is 19.1 Å². The Labute approximate surface area is 245 Å². The maximum absolute atomic E-state index is 11.1. The Balaban J connectivity index is 2.18. The summed E-state index contributed by atoms with van der Waals surface area (Å²) in [6.45, 7) is 9.83. The van der Waals surface area contributed by atoms with Crippen molar-refractivity contribution < 1.29 is 39.1 Å². The third-order valence-electron chi connectivity index (χ3n) is 8.33. The van der Waals surface area contributed by atoms with Gasteiger partial charge in [0.1, 0.15) is 6.10 Å². The van der Waals surface area contributed by atoms with Gasteiger partial charge in [0.05, 0.1) is 17.8 Å². The van der Waals surface area contributed by atoms with Crippen molar-refractivity contribution in [3.8, 4) is 0 Å². The molecule has 8 heteroatoms. The number of aliphatic hydroxyl groups excluding tert-OH is 1. The molecule has 230 valence electrons. The summed E-state index contributed by atoms with van der Waals surface area (Å²) in [6.07, 6.45) is 18.7. The van der Waals surface area contributed by atoms with Gasteiger partial charge in [-0.05, 0) is 51.0 Å². The smallest absolute Gasteiger partial charge is 0.328 e. The number of hydrogen-bond donors (Lipinski definition) is 3. The van der Waals surface area contributed by atoms with Crippen LogP contribution >= 0.6 is 0 Å². The summed E-state index contributed by atoms with van der Waals surface area (Å²) in [5, 5.41) is 28.2. The zero-order valence-corrected chi connectivity index (χ0v) is 25.5. The van der Waals surface area contributed by atoms with Crippen molar-refractivity contribution in [2.24, 2.45) is 11.8 Å². The van der Waals surface area contributed by atoms with Gasteiger partial charge in [0.25, 0.3) is 0 Å². The number of hydrogen-bond acceptors (Lipinski definition) is 6. The van der Waals surface area contributed by atoms with Crippen LogP contribution in [0, 0.1) is 11.8 Å². The fraction of sp³-hybridized carbons (Fsp3) is 0.636. The van der Waals surface area contributed by atoms with Crippen molar-refractivity contribution in [1.82, 2.24) is 0 Å². The molecular weight excluding hydrogens is 524 g/mol. The van der Waals surface area contributed by atoms with Gasteiger partial charge in [-0.2, -0.15) is 0 Å². The summed E-state index contributed by atoms with van der Waals surface area (Å²) < 4.78 is 19.6. The van der Waals surface area contributed by atoms with Gasteiger partial charge in [0, 0.05) is 38.0 Å². The third-order valence-corrected chi connectivity index (χ3v) is 8.33. The molecule has 8 nitrogen and oxygen atoms in total. The van der Waals surface area contributed by atoms with Crippen molar-refractivity contribution >= 4 is 11.9 Å². The van der Waals surface area contributed by atoms with E-state index in [2.05, 4.69) is 19.9 Å². The number of carboxylic acids is 2. The lowest BCUT2D eigenvalue weighted by Gasteiger charge is -2.53. The predicted octanol–water partition coefficient (Wildman–Crippen LogP) is 6.37. The second-order valence-corrected chi connectivity index (χ2v) is 11.7. The summed E-state index contributed by atoms with van der Waals surface area (Å²) in [4.78, 5) is 21.8. The van der Waals surface area contributed by atoms with E-state index in [0.717, 1.165) is 56.6 Å². The highest BCUT2D eigenvalue weighted by Crippen LogP contribution is 2.47. The number of rotatable bonds is 14. The topological polar surface area (TPSA) is 123 Å². The van der Waals surface area contributed by atoms with E-state index in [4.69, 9.17) is 24.4 Å². The molecule has 1 spiro atoms. The van der Waals surface area contributed by atoms with Gasteiger partial charge in [0.2, 0.25) is 0 Å². The molecule has 2 aliphatic rings. The van der Waals surface area contributed by atoms with E-state index >= 15 is 0 Å². The molecule has 2 rings (SSSR count). The normalized spacial score (nSPS) is 31.3. The van der Waals surface area contributed by atoms with Gasteiger partial charge in [-0.1, -0.05) is 75.6 Å². The minimum Gasteiger partial charge on any atom is -0.478 e. The highest BCUT2D eigenvalue weighted by molar-refractivity contribution is 5.81. The first-order valence-electron chi connectivity index (χ1n) is 14.8. The fourth-order valence-electron chi connectivity index (χ4n) is 5.48. The van der Waals surface area contributed by atoms with Gasteiger partial charge < -0.3 is 29.5 Å². The Bertz CT molecular complexity index is 1020. The van der Waals surface area contributed by atoms with Gasteiger partial charge in [-0.15, -0.1) is 0 Å². The quantitative estimate of drug-likeness (QED) is 0.162. The minimum absolute atomic E-state index is 0.0431. The molecule has 2 saturated heterocycles. The van der Waals surface area contributed by atoms with Crippen LogP contribution in [0.3, 0.4) is 0 Å². The molecule has 0 radical (unpaired) electrons. The molecule has 0 aromatic rings. The zero-order valence-electron chi connectivity index (χ0n) is 25.5. The van der Waals surface area contributed by atoms with Crippen molar-refractivity contribution in [3.05, 3.63) is 59.8 Å². The molecule has 0 aromatic carbocycles. The summed E-state index contributed by atoms with van der Waals surface area (Å²) in [6, 6.07) is 0. The number of methoxy groups -OCH3 is 1. The van der Waals surface area contributed by atoms with E-state index in [0.29, 0.717) is 17.9 Å². The van der Waals surface area contributed by atoms with Crippen molar-refractivity contribution in [2.75, 3.05) is 7.11 Å². The predicted molar refractivity (Wildman–Crippen MR) is 159 cm³/mol. The number of carbonyl (C=O) groups is 2. The zero-order chi connectivity index (χ0) is 30.6. The molecule has 41 heavy (non-hydrogen) atoms. The summed E-state index contributed by atoms with van der Waals surface area (Å²) >= 11 is 0. The molecule has 7 atom stereocenters. The van der Waals surface area contributed by atoms with Gasteiger partial charge in [-0.3, -0.25) is 0 Å². The largest absolute Gasteiger partial charge is 0.478 e. The molecule has 2 aliphatic heterocycles. The van der Waals surface area contributed by atoms with Crippen LogP contribution in [-0.2, 0) is 23.8 Å². The number of aliphatic carboxylic acids is 2. The molecular formula is C33H50O8. The monoisotopic (exact) mass is 574 g/mol. The molecule has 3 N–H and O–H groups in total. The average molecular weight is 575 g/mol. The van der Waals surface area contributed by atoms with E-state index in [1.54, 1.807) is 33.1 Å². The molecule has 0 bridgehead atoms. The van der Waals surface area contributed by atoms with Crippen LogP contribution in [0.1, 0.15) is 86.0 Å². The maximum Gasteiger partial charge on any atom is 0.328 e. The molecule has 2 fully saturated rings. The van der Waals surface area contributed by atoms with Crippen LogP contribution in [-0.4, -0.2) is 64.1 Å². The van der Waals surface area contributed by atoms with Crippen LogP contribution in [0.25, 0.3) is 0 Å². The van der Waals surface area contributed by atoms with E-state index in [-0.39, 0.29) is 18.1 Å². The van der Waals surface area contributed by atoms with Crippen molar-refractivity contribution in [2.45, 2.75) is 116 Å². The molecule has 0 aliphatic carbocycles. The number of carboxylic acid groups (broad SMARTS) is 2. The molecule has 2 heterocycles. The molecule has 0 unspecified atom stereocenters. The highest BCUT2D eigenvalue weighted by Gasteiger charge is 2.52. The van der Waals surface area contributed by atoms with Crippen LogP contribution in [0.15, 0.2) is 59.8 Å². The first-order valence-corrected chi connectivity index (χ1v) is 14.8. The lowest BCUT2D eigenvalue weighted by atomic mass is 9.78. The summed E-state index contributed by atoms with van der Waals surface area (Å²) in [5.74, 6) is -2.73. The van der Waals surface area contributed by atoms with Gasteiger partial charge >= 0.3 is 11.9 Å². The van der Waals surface area contributed by atoms with Gasteiger partial charge in [0.15, 0.2) is 5.79 Å². The van der Waals surface area contributed by atoms with E-state index in [9.17, 15) is 14.7 Å². The second kappa shape index (κ2) is 16.2. The Hall–Kier alpha value is -2.52. The van der Waals surface area contributed by atoms with E-state index in [1.165, 1.54) is 12.2 Å². The van der Waals surface area contributed by atoms with Crippen LogP contribution in [0.4, 0.5) is 0 Å². The molecule has 0 aromatic heterocycles. The number of ether oxygens (including phenoxy) is 3. The minimum atomic E-state index is -1.04. The standard InChI is InChI=1S/C33H50O8/c1-7-8-18-32(39-6)20-21-33(41-29(32)15-11-24(3)22-31(37)38)19-17-26(5)28(40-33)14-10-23(2)9-13-27(34)25(4)12-16-30(35)36/h9-13,15-16,22,25-29,34H,7-8,14,17-21H2,1-6H3,(H,35,36)(H,37,38)/b13-9+,15-11+,16-12+,23-10+,24-22+/t25-,26-,27-,28+,29-,32+,33-/m0/s1. The van der Waals surface area contributed by atoms with Crippen LogP contribution in [0.5, 0.6) is 0 Å². The maximum atomic E-state index is 11.1. The van der Waals surface area contributed by atoms with Crippen LogP contribution < -0.4 is 0 Å². The Morgan fingerprint density at radius 1 is 1.02 bits per heavy atom. The first kappa shape index (κ1) is 34.7. The summed E-state index contributed by atoms with van der Waals surface area (Å²) in [5.41, 5.74) is 1.11.